The number of para-hydroxylation sites is 1. The van der Waals surface area contributed by atoms with Crippen molar-refractivity contribution >= 4 is 34.5 Å². The normalized spacial score (nSPS) is 11.6. The molecule has 5 N–H and O–H groups in total. The topological polar surface area (TPSA) is 131 Å². The Bertz CT molecular complexity index is 827. The van der Waals surface area contributed by atoms with Crippen LogP contribution >= 0.6 is 0 Å². The van der Waals surface area contributed by atoms with Crippen molar-refractivity contribution < 1.29 is 14.7 Å². The molecule has 21 heavy (non-hydrogen) atoms. The molecular formula is C14H10N4O3. The van der Waals surface area contributed by atoms with E-state index in [1.54, 1.807) is 6.07 Å². The molecule has 0 radical (unpaired) electrons. The summed E-state index contributed by atoms with van der Waals surface area (Å²) in [6, 6.07) is 7.42. The van der Waals surface area contributed by atoms with Gasteiger partial charge in [0.15, 0.2) is 5.78 Å². The van der Waals surface area contributed by atoms with Crippen molar-refractivity contribution in [3.8, 4) is 0 Å². The van der Waals surface area contributed by atoms with Crippen LogP contribution < -0.4 is 11.5 Å². The lowest BCUT2D eigenvalue weighted by atomic mass is 9.96. The molecular weight excluding hydrogens is 272 g/mol. The number of carbonyl (C=O) groups excluding carboxylic acids is 1. The van der Waals surface area contributed by atoms with Gasteiger partial charge in [0, 0.05) is 11.1 Å². The second-order valence-corrected chi connectivity index (χ2v) is 4.50. The third-order valence-corrected chi connectivity index (χ3v) is 3.28. The smallest absolute Gasteiger partial charge is 0.337 e. The molecule has 2 aromatic rings. The average Bonchev–Trinajstić information content (AvgIpc) is 2.40. The molecule has 0 amide bonds. The van der Waals surface area contributed by atoms with Gasteiger partial charge in [-0.3, -0.25) is 4.79 Å². The first-order chi connectivity index (χ1) is 10.0. The van der Waals surface area contributed by atoms with Crippen molar-refractivity contribution in [3.63, 3.8) is 0 Å². The highest BCUT2D eigenvalue weighted by Crippen LogP contribution is 2.44. The van der Waals surface area contributed by atoms with Crippen molar-refractivity contribution in [3.05, 3.63) is 47.0 Å². The van der Waals surface area contributed by atoms with Gasteiger partial charge in [-0.05, 0) is 24.3 Å². The fourth-order valence-corrected chi connectivity index (χ4v) is 2.13. The van der Waals surface area contributed by atoms with E-state index in [9.17, 15) is 9.59 Å². The molecule has 7 nitrogen and oxygen atoms in total. The predicted octanol–water partition coefficient (Wildman–Crippen LogP) is 2.51. The van der Waals surface area contributed by atoms with E-state index in [0.717, 1.165) is 0 Å². The number of carboxylic acid groups (broad SMARTS) is 1. The molecule has 3 rings (SSSR count). The molecule has 0 aromatic heterocycles. The molecule has 1 aliphatic rings. The van der Waals surface area contributed by atoms with Crippen molar-refractivity contribution in [2.45, 2.75) is 0 Å². The second kappa shape index (κ2) is 4.41. The average molecular weight is 282 g/mol. The molecule has 0 fully saturated rings. The van der Waals surface area contributed by atoms with Crippen LogP contribution in [0.1, 0.15) is 26.3 Å². The zero-order valence-electron chi connectivity index (χ0n) is 10.7. The molecule has 0 aliphatic carbocycles. The number of nitrogen functional groups attached to an aromatic ring is 2. The Morgan fingerprint density at radius 1 is 0.905 bits per heavy atom. The molecule has 0 saturated carbocycles. The summed E-state index contributed by atoms with van der Waals surface area (Å²) in [4.78, 5) is 23.6. The lowest BCUT2D eigenvalue weighted by Gasteiger charge is -2.14. The van der Waals surface area contributed by atoms with Gasteiger partial charge in [0.05, 0.1) is 16.9 Å². The van der Waals surface area contributed by atoms with Crippen molar-refractivity contribution in [2.24, 2.45) is 10.2 Å². The number of aromatic carboxylic acids is 1. The van der Waals surface area contributed by atoms with E-state index < -0.39 is 11.8 Å². The Hall–Kier alpha value is -3.22. The maximum atomic E-state index is 12.5. The number of fused-ring (bicyclic) bond motifs is 1. The zero-order valence-corrected chi connectivity index (χ0v) is 10.7. The summed E-state index contributed by atoms with van der Waals surface area (Å²) < 4.78 is 0. The van der Waals surface area contributed by atoms with E-state index in [1.807, 2.05) is 0 Å². The largest absolute Gasteiger partial charge is 0.478 e. The Labute approximate surface area is 118 Å². The Balaban J connectivity index is 2.10. The highest BCUT2D eigenvalue weighted by atomic mass is 16.4. The van der Waals surface area contributed by atoms with E-state index in [0.29, 0.717) is 11.4 Å². The molecule has 0 bridgehead atoms. The summed E-state index contributed by atoms with van der Waals surface area (Å²) in [5, 5.41) is 16.6. The lowest BCUT2D eigenvalue weighted by molar-refractivity contribution is 0.0698. The Kier molecular flexibility index (Phi) is 2.69. The summed E-state index contributed by atoms with van der Waals surface area (Å²) in [7, 11) is 0. The number of hydrogen-bond donors (Lipinski definition) is 3. The number of benzene rings is 2. The summed E-state index contributed by atoms with van der Waals surface area (Å²) in [6.07, 6.45) is 0. The van der Waals surface area contributed by atoms with Crippen LogP contribution in [-0.4, -0.2) is 16.9 Å². The van der Waals surface area contributed by atoms with Gasteiger partial charge in [-0.15, -0.1) is 10.2 Å². The maximum Gasteiger partial charge on any atom is 0.337 e. The second-order valence-electron chi connectivity index (χ2n) is 4.50. The monoisotopic (exact) mass is 282 g/mol. The minimum absolute atomic E-state index is 0.0845. The Morgan fingerprint density at radius 2 is 1.57 bits per heavy atom. The van der Waals surface area contributed by atoms with E-state index in [1.165, 1.54) is 24.3 Å². The summed E-state index contributed by atoms with van der Waals surface area (Å²) in [5.74, 6) is -1.64. The first kappa shape index (κ1) is 12.8. The third kappa shape index (κ3) is 1.83. The third-order valence-electron chi connectivity index (χ3n) is 3.28. The van der Waals surface area contributed by atoms with E-state index >= 15 is 0 Å². The molecule has 1 heterocycles. The summed E-state index contributed by atoms with van der Waals surface area (Å²) in [5.41, 5.74) is 13.1. The van der Waals surface area contributed by atoms with E-state index in [4.69, 9.17) is 16.6 Å². The number of nitrogens with two attached hydrogens (primary N) is 2. The van der Waals surface area contributed by atoms with Crippen molar-refractivity contribution in [1.82, 2.24) is 0 Å². The standard InChI is InChI=1S/C14H10N4O3/c15-10-6(2-1-3-8(10)14(20)21)13(19)7-4-5-9-12(11(7)16)18-17-9/h1-5H,15-16H2,(H,20,21). The van der Waals surface area contributed by atoms with Gasteiger partial charge in [0.1, 0.15) is 11.4 Å². The van der Waals surface area contributed by atoms with Crippen LogP contribution in [0.15, 0.2) is 40.6 Å². The predicted molar refractivity (Wildman–Crippen MR) is 76.3 cm³/mol. The first-order valence-electron chi connectivity index (χ1n) is 6.01. The number of nitrogens with zero attached hydrogens (tertiary/aromatic N) is 2. The van der Waals surface area contributed by atoms with Crippen molar-refractivity contribution in [2.75, 3.05) is 11.5 Å². The Morgan fingerprint density at radius 3 is 2.19 bits per heavy atom. The number of carboxylic acids is 1. The lowest BCUT2D eigenvalue weighted by Crippen LogP contribution is -2.12. The van der Waals surface area contributed by atoms with Gasteiger partial charge in [0.2, 0.25) is 0 Å². The van der Waals surface area contributed by atoms with Crippen LogP contribution in [0.25, 0.3) is 0 Å². The minimum atomic E-state index is -1.19. The molecule has 7 heteroatoms. The SMILES string of the molecule is Nc1c(C(=O)O)cccc1C(=O)c1ccc2c(c1N)N=N2. The van der Waals surface area contributed by atoms with Gasteiger partial charge in [-0.2, -0.15) is 0 Å². The minimum Gasteiger partial charge on any atom is -0.478 e. The fraction of sp³-hybridized carbons (Fsp3) is 0. The highest BCUT2D eigenvalue weighted by molar-refractivity contribution is 6.18. The quantitative estimate of drug-likeness (QED) is 0.501. The molecule has 0 atom stereocenters. The van der Waals surface area contributed by atoms with E-state index in [-0.39, 0.29) is 28.1 Å². The van der Waals surface area contributed by atoms with Crippen LogP contribution in [0.4, 0.5) is 22.7 Å². The van der Waals surface area contributed by atoms with Gasteiger partial charge >= 0.3 is 5.97 Å². The number of carbonyl (C=O) groups is 2. The number of ketones is 1. The van der Waals surface area contributed by atoms with Crippen LogP contribution in [0.2, 0.25) is 0 Å². The van der Waals surface area contributed by atoms with Crippen LogP contribution in [0, 0.1) is 0 Å². The molecule has 2 aromatic carbocycles. The van der Waals surface area contributed by atoms with E-state index in [2.05, 4.69) is 10.2 Å². The molecule has 104 valence electrons. The molecule has 0 unspecified atom stereocenters. The molecule has 1 aliphatic heterocycles. The number of hydrogen-bond acceptors (Lipinski definition) is 6. The van der Waals surface area contributed by atoms with Gasteiger partial charge in [0.25, 0.3) is 0 Å². The summed E-state index contributed by atoms with van der Waals surface area (Å²) in [6.45, 7) is 0. The number of azo groups is 1. The fourth-order valence-electron chi connectivity index (χ4n) is 2.13. The van der Waals surface area contributed by atoms with Crippen molar-refractivity contribution in [1.29, 1.82) is 0 Å². The number of rotatable bonds is 3. The molecule has 0 spiro atoms. The van der Waals surface area contributed by atoms with Gasteiger partial charge < -0.3 is 16.6 Å². The van der Waals surface area contributed by atoms with Crippen LogP contribution in [-0.2, 0) is 0 Å². The molecule has 0 saturated heterocycles. The van der Waals surface area contributed by atoms with Crippen LogP contribution in [0.3, 0.4) is 0 Å². The first-order valence-corrected chi connectivity index (χ1v) is 6.01. The van der Waals surface area contributed by atoms with Crippen LogP contribution in [0.5, 0.6) is 0 Å². The summed E-state index contributed by atoms with van der Waals surface area (Å²) >= 11 is 0. The van der Waals surface area contributed by atoms with Gasteiger partial charge in [-0.25, -0.2) is 4.79 Å². The zero-order chi connectivity index (χ0) is 15.1. The van der Waals surface area contributed by atoms with Gasteiger partial charge in [-0.1, -0.05) is 6.07 Å². The maximum absolute atomic E-state index is 12.5. The number of anilines is 2. The highest BCUT2D eigenvalue weighted by Gasteiger charge is 2.23.